The zero-order valence-corrected chi connectivity index (χ0v) is 10.8. The van der Waals surface area contributed by atoms with Crippen LogP contribution >= 0.6 is 15.9 Å². The number of ketones is 1. The molecule has 0 aliphatic rings. The van der Waals surface area contributed by atoms with Crippen LogP contribution in [0, 0.1) is 13.8 Å². The lowest BCUT2D eigenvalue weighted by Gasteiger charge is -2.10. The molecule has 0 saturated carbocycles. The van der Waals surface area contributed by atoms with Gasteiger partial charge in [0, 0.05) is 10.9 Å². The Kier molecular flexibility index (Phi) is 4.33. The van der Waals surface area contributed by atoms with Crippen molar-refractivity contribution in [3.8, 4) is 5.75 Å². The second-order valence-corrected chi connectivity index (χ2v) is 4.52. The van der Waals surface area contributed by atoms with Crippen LogP contribution in [0.2, 0.25) is 0 Å². The molecule has 0 amide bonds. The van der Waals surface area contributed by atoms with Gasteiger partial charge in [-0.3, -0.25) is 4.79 Å². The van der Waals surface area contributed by atoms with Gasteiger partial charge < -0.3 is 4.74 Å². The molecule has 1 rings (SSSR count). The molecule has 0 aliphatic heterocycles. The highest BCUT2D eigenvalue weighted by molar-refractivity contribution is 9.10. The summed E-state index contributed by atoms with van der Waals surface area (Å²) in [5.74, 6) is 1.01. The Morgan fingerprint density at radius 1 is 1.33 bits per heavy atom. The van der Waals surface area contributed by atoms with Gasteiger partial charge >= 0.3 is 0 Å². The van der Waals surface area contributed by atoms with Crippen molar-refractivity contribution in [2.75, 3.05) is 6.61 Å². The van der Waals surface area contributed by atoms with Crippen LogP contribution < -0.4 is 4.74 Å². The predicted octanol–water partition coefficient (Wildman–Crippen LogP) is 3.42. The number of hydrogen-bond donors (Lipinski definition) is 0. The van der Waals surface area contributed by atoms with Gasteiger partial charge in [-0.15, -0.1) is 0 Å². The number of Topliss-reactive ketones (excluding diaryl/α,β-unsaturated/α-hetero) is 1. The van der Waals surface area contributed by atoms with E-state index in [1.54, 1.807) is 6.92 Å². The van der Waals surface area contributed by atoms with E-state index in [-0.39, 0.29) is 5.78 Å². The summed E-state index contributed by atoms with van der Waals surface area (Å²) in [6, 6.07) is 4.01. The molecule has 0 N–H and O–H groups in total. The lowest BCUT2D eigenvalue weighted by atomic mass is 10.1. The number of rotatable bonds is 4. The van der Waals surface area contributed by atoms with E-state index in [2.05, 4.69) is 15.9 Å². The molecule has 1 aromatic rings. The van der Waals surface area contributed by atoms with E-state index in [1.807, 2.05) is 26.0 Å². The third-order valence-corrected chi connectivity index (χ3v) is 3.02. The first-order valence-electron chi connectivity index (χ1n) is 4.89. The van der Waals surface area contributed by atoms with Crippen molar-refractivity contribution in [3.63, 3.8) is 0 Å². The molecule has 0 heterocycles. The first-order chi connectivity index (χ1) is 7.00. The quantitative estimate of drug-likeness (QED) is 0.838. The summed E-state index contributed by atoms with van der Waals surface area (Å²) < 4.78 is 6.62. The molecular formula is C12H15BrO2. The number of carbonyl (C=O) groups is 1. The third kappa shape index (κ3) is 3.67. The van der Waals surface area contributed by atoms with Gasteiger partial charge in [0.1, 0.15) is 11.5 Å². The number of ether oxygens (including phenoxy) is 1. The topological polar surface area (TPSA) is 26.3 Å². The van der Waals surface area contributed by atoms with E-state index in [4.69, 9.17) is 4.74 Å². The second kappa shape index (κ2) is 5.31. The minimum atomic E-state index is 0.154. The van der Waals surface area contributed by atoms with Gasteiger partial charge in [-0.25, -0.2) is 0 Å². The summed E-state index contributed by atoms with van der Waals surface area (Å²) in [7, 11) is 0. The predicted molar refractivity (Wildman–Crippen MR) is 64.4 cm³/mol. The molecule has 0 spiro atoms. The lowest BCUT2D eigenvalue weighted by molar-refractivity contribution is -0.117. The summed E-state index contributed by atoms with van der Waals surface area (Å²) in [6.45, 7) is 6.04. The zero-order valence-electron chi connectivity index (χ0n) is 9.26. The zero-order chi connectivity index (χ0) is 11.4. The fraction of sp³-hybridized carbons (Fsp3) is 0.417. The van der Waals surface area contributed by atoms with Crippen molar-refractivity contribution < 1.29 is 9.53 Å². The van der Waals surface area contributed by atoms with Gasteiger partial charge in [0.05, 0.1) is 6.61 Å². The van der Waals surface area contributed by atoms with E-state index in [9.17, 15) is 4.79 Å². The molecule has 0 radical (unpaired) electrons. The van der Waals surface area contributed by atoms with Gasteiger partial charge in [0.15, 0.2) is 0 Å². The molecule has 0 unspecified atom stereocenters. The smallest absolute Gasteiger partial charge is 0.133 e. The maximum Gasteiger partial charge on any atom is 0.133 e. The van der Waals surface area contributed by atoms with Crippen molar-refractivity contribution in [1.29, 1.82) is 0 Å². The van der Waals surface area contributed by atoms with Gasteiger partial charge in [-0.1, -0.05) is 15.9 Å². The minimum absolute atomic E-state index is 0.154. The Morgan fingerprint density at radius 2 is 2.00 bits per heavy atom. The standard InChI is InChI=1S/C12H15BrO2/c1-8-7-12(9(2)6-11(8)13)15-5-4-10(3)14/h6-7H,4-5H2,1-3H3. The van der Waals surface area contributed by atoms with Gasteiger partial charge in [-0.2, -0.15) is 0 Å². The SMILES string of the molecule is CC(=O)CCOc1cc(C)c(Br)cc1C. The summed E-state index contributed by atoms with van der Waals surface area (Å²) in [5.41, 5.74) is 2.22. The van der Waals surface area contributed by atoms with Crippen LogP contribution in [0.3, 0.4) is 0 Å². The Hall–Kier alpha value is -0.830. The normalized spacial score (nSPS) is 10.1. The molecule has 0 bridgehead atoms. The van der Waals surface area contributed by atoms with Crippen LogP contribution in [-0.2, 0) is 4.79 Å². The molecule has 82 valence electrons. The van der Waals surface area contributed by atoms with E-state index >= 15 is 0 Å². The fourth-order valence-electron chi connectivity index (χ4n) is 1.21. The van der Waals surface area contributed by atoms with Crippen molar-refractivity contribution in [2.24, 2.45) is 0 Å². The molecule has 3 heteroatoms. The highest BCUT2D eigenvalue weighted by atomic mass is 79.9. The Balaban J connectivity index is 2.69. The van der Waals surface area contributed by atoms with Crippen LogP contribution in [0.25, 0.3) is 0 Å². The monoisotopic (exact) mass is 270 g/mol. The van der Waals surface area contributed by atoms with Crippen LogP contribution in [0.5, 0.6) is 5.75 Å². The van der Waals surface area contributed by atoms with Crippen LogP contribution in [0.15, 0.2) is 16.6 Å². The van der Waals surface area contributed by atoms with Crippen LogP contribution in [0.1, 0.15) is 24.5 Å². The summed E-state index contributed by atoms with van der Waals surface area (Å²) in [4.78, 5) is 10.8. The Bertz CT molecular complexity index is 372. The van der Waals surface area contributed by atoms with E-state index in [0.717, 1.165) is 21.3 Å². The largest absolute Gasteiger partial charge is 0.493 e. The molecular weight excluding hydrogens is 256 g/mol. The summed E-state index contributed by atoms with van der Waals surface area (Å²) >= 11 is 3.46. The molecule has 0 fully saturated rings. The van der Waals surface area contributed by atoms with Crippen molar-refractivity contribution in [2.45, 2.75) is 27.2 Å². The highest BCUT2D eigenvalue weighted by Gasteiger charge is 2.04. The third-order valence-electron chi connectivity index (χ3n) is 2.17. The summed E-state index contributed by atoms with van der Waals surface area (Å²) in [6.07, 6.45) is 0.467. The Labute approximate surface area is 98.8 Å². The average Bonchev–Trinajstić information content (AvgIpc) is 2.13. The minimum Gasteiger partial charge on any atom is -0.493 e. The maximum atomic E-state index is 10.8. The maximum absolute atomic E-state index is 10.8. The molecule has 0 aliphatic carbocycles. The number of benzene rings is 1. The molecule has 0 aromatic heterocycles. The number of aryl methyl sites for hydroxylation is 2. The van der Waals surface area contributed by atoms with E-state index < -0.39 is 0 Å². The first-order valence-corrected chi connectivity index (χ1v) is 5.69. The lowest BCUT2D eigenvalue weighted by Crippen LogP contribution is -2.03. The Morgan fingerprint density at radius 3 is 2.60 bits per heavy atom. The average molecular weight is 271 g/mol. The summed E-state index contributed by atoms with van der Waals surface area (Å²) in [5, 5.41) is 0. The fourth-order valence-corrected chi connectivity index (χ4v) is 1.67. The number of carbonyl (C=O) groups excluding carboxylic acids is 1. The van der Waals surface area contributed by atoms with Crippen molar-refractivity contribution in [3.05, 3.63) is 27.7 Å². The second-order valence-electron chi connectivity index (χ2n) is 3.67. The molecule has 2 nitrogen and oxygen atoms in total. The number of halogens is 1. The van der Waals surface area contributed by atoms with Crippen molar-refractivity contribution in [1.82, 2.24) is 0 Å². The molecule has 0 atom stereocenters. The van der Waals surface area contributed by atoms with E-state index in [1.165, 1.54) is 0 Å². The molecule has 1 aromatic carbocycles. The van der Waals surface area contributed by atoms with Gasteiger partial charge in [-0.05, 0) is 44.0 Å². The highest BCUT2D eigenvalue weighted by Crippen LogP contribution is 2.26. The van der Waals surface area contributed by atoms with Crippen LogP contribution in [0.4, 0.5) is 0 Å². The van der Waals surface area contributed by atoms with Gasteiger partial charge in [0.25, 0.3) is 0 Å². The van der Waals surface area contributed by atoms with Crippen LogP contribution in [-0.4, -0.2) is 12.4 Å². The molecule has 15 heavy (non-hydrogen) atoms. The number of hydrogen-bond acceptors (Lipinski definition) is 2. The van der Waals surface area contributed by atoms with Gasteiger partial charge in [0.2, 0.25) is 0 Å². The van der Waals surface area contributed by atoms with Crippen molar-refractivity contribution >= 4 is 21.7 Å². The van der Waals surface area contributed by atoms with E-state index in [0.29, 0.717) is 13.0 Å². The molecule has 0 saturated heterocycles. The first kappa shape index (κ1) is 12.2.